The van der Waals surface area contributed by atoms with Gasteiger partial charge < -0.3 is 5.32 Å². The number of hydrogen-bond acceptors (Lipinski definition) is 3. The normalized spacial score (nSPS) is 17.9. The largest absolute Gasteiger partial charge is 0.307 e. The van der Waals surface area contributed by atoms with Gasteiger partial charge in [0, 0.05) is 28.7 Å². The predicted octanol–water partition coefficient (Wildman–Crippen LogP) is 3.67. The second-order valence-electron chi connectivity index (χ2n) is 5.15. The number of benzene rings is 1. The van der Waals surface area contributed by atoms with Crippen molar-refractivity contribution in [2.45, 2.75) is 44.7 Å². The molecule has 1 N–H and O–H groups in total. The minimum Gasteiger partial charge on any atom is -0.307 e. The summed E-state index contributed by atoms with van der Waals surface area (Å²) >= 11 is 5.90. The molecule has 0 bridgehead atoms. The summed E-state index contributed by atoms with van der Waals surface area (Å²) in [6.45, 7) is 2.67. The average Bonchev–Trinajstić information content (AvgIpc) is 2.74. The highest BCUT2D eigenvalue weighted by molar-refractivity contribution is 6.30. The van der Waals surface area contributed by atoms with Crippen LogP contribution in [0.5, 0.6) is 0 Å². The fourth-order valence-corrected chi connectivity index (χ4v) is 2.71. The van der Waals surface area contributed by atoms with Crippen molar-refractivity contribution in [1.82, 2.24) is 5.32 Å². The van der Waals surface area contributed by atoms with Crippen LogP contribution in [0.3, 0.4) is 0 Å². The van der Waals surface area contributed by atoms with Crippen molar-refractivity contribution in [2.24, 2.45) is 0 Å². The molecule has 98 valence electrons. The van der Waals surface area contributed by atoms with Crippen LogP contribution in [0.4, 0.5) is 5.69 Å². The first kappa shape index (κ1) is 13.3. The molecule has 0 unspecified atom stereocenters. The molecule has 1 aliphatic carbocycles. The van der Waals surface area contributed by atoms with Gasteiger partial charge in [-0.3, -0.25) is 10.1 Å². The predicted molar refractivity (Wildman–Crippen MR) is 71.8 cm³/mol. The summed E-state index contributed by atoms with van der Waals surface area (Å²) in [6, 6.07) is 4.70. The molecule has 1 fully saturated rings. The summed E-state index contributed by atoms with van der Waals surface area (Å²) in [5.74, 6) is 0. The Hall–Kier alpha value is -1.13. The van der Waals surface area contributed by atoms with Gasteiger partial charge in [-0.2, -0.15) is 0 Å². The maximum absolute atomic E-state index is 10.9. The molecule has 1 saturated carbocycles. The zero-order valence-corrected chi connectivity index (χ0v) is 11.2. The van der Waals surface area contributed by atoms with Gasteiger partial charge in [0.05, 0.1) is 4.92 Å². The Labute approximate surface area is 111 Å². The number of halogens is 1. The fraction of sp³-hybridized carbons (Fsp3) is 0.538. The van der Waals surface area contributed by atoms with Gasteiger partial charge in [-0.05, 0) is 31.9 Å². The maximum Gasteiger partial charge on any atom is 0.273 e. The highest BCUT2D eigenvalue weighted by Gasteiger charge is 2.28. The van der Waals surface area contributed by atoms with E-state index in [1.807, 2.05) is 0 Å². The second-order valence-corrected chi connectivity index (χ2v) is 5.59. The first-order chi connectivity index (χ1) is 8.50. The van der Waals surface area contributed by atoms with E-state index in [-0.39, 0.29) is 16.1 Å². The van der Waals surface area contributed by atoms with E-state index >= 15 is 0 Å². The Bertz CT molecular complexity index is 456. The van der Waals surface area contributed by atoms with Gasteiger partial charge in [0.25, 0.3) is 5.69 Å². The van der Waals surface area contributed by atoms with Gasteiger partial charge >= 0.3 is 0 Å². The fourth-order valence-electron chi connectivity index (χ4n) is 2.51. The average molecular weight is 269 g/mol. The number of nitro groups is 1. The lowest BCUT2D eigenvalue weighted by Gasteiger charge is -2.25. The van der Waals surface area contributed by atoms with Crippen LogP contribution in [-0.2, 0) is 6.54 Å². The molecular weight excluding hydrogens is 252 g/mol. The zero-order chi connectivity index (χ0) is 13.2. The van der Waals surface area contributed by atoms with Crippen LogP contribution in [0.1, 0.15) is 38.2 Å². The molecule has 4 nitrogen and oxygen atoms in total. The SMILES string of the molecule is CC1(NCc2cc(Cl)ccc2[N+](=O)[O-])CCCC1. The van der Waals surface area contributed by atoms with Crippen molar-refractivity contribution in [3.63, 3.8) is 0 Å². The van der Waals surface area contributed by atoms with Gasteiger partial charge in [-0.1, -0.05) is 24.4 Å². The van der Waals surface area contributed by atoms with Crippen molar-refractivity contribution >= 4 is 17.3 Å². The van der Waals surface area contributed by atoms with Crippen LogP contribution >= 0.6 is 11.6 Å². The monoisotopic (exact) mass is 268 g/mol. The molecule has 0 saturated heterocycles. The Kier molecular flexibility index (Phi) is 3.88. The van der Waals surface area contributed by atoms with E-state index in [0.717, 1.165) is 12.8 Å². The lowest BCUT2D eigenvalue weighted by atomic mass is 10.00. The highest BCUT2D eigenvalue weighted by Crippen LogP contribution is 2.30. The standard InChI is InChI=1S/C13H17ClN2O2/c1-13(6-2-3-7-13)15-9-10-8-11(14)4-5-12(10)16(17)18/h4-5,8,15H,2-3,6-7,9H2,1H3. The third-order valence-corrected chi connectivity index (χ3v) is 3.89. The summed E-state index contributed by atoms with van der Waals surface area (Å²) in [6.07, 6.45) is 4.70. The van der Waals surface area contributed by atoms with Gasteiger partial charge in [-0.25, -0.2) is 0 Å². The van der Waals surface area contributed by atoms with Crippen LogP contribution in [0.25, 0.3) is 0 Å². The molecule has 0 amide bonds. The first-order valence-corrected chi connectivity index (χ1v) is 6.56. The molecule has 0 atom stereocenters. The van der Waals surface area contributed by atoms with Gasteiger partial charge in [0.2, 0.25) is 0 Å². The highest BCUT2D eigenvalue weighted by atomic mass is 35.5. The summed E-state index contributed by atoms with van der Waals surface area (Å²) in [5, 5.41) is 14.9. The van der Waals surface area contributed by atoms with E-state index in [2.05, 4.69) is 12.2 Å². The molecular formula is C13H17ClN2O2. The van der Waals surface area contributed by atoms with E-state index < -0.39 is 0 Å². The molecule has 0 radical (unpaired) electrons. The number of rotatable bonds is 4. The minimum atomic E-state index is -0.357. The van der Waals surface area contributed by atoms with Crippen LogP contribution in [-0.4, -0.2) is 10.5 Å². The van der Waals surface area contributed by atoms with E-state index in [9.17, 15) is 10.1 Å². The third kappa shape index (κ3) is 3.00. The quantitative estimate of drug-likeness (QED) is 0.670. The summed E-state index contributed by atoms with van der Waals surface area (Å²) in [5.41, 5.74) is 0.894. The van der Waals surface area contributed by atoms with Crippen molar-refractivity contribution < 1.29 is 4.92 Å². The number of hydrogen-bond donors (Lipinski definition) is 1. The molecule has 0 heterocycles. The van der Waals surface area contributed by atoms with E-state index in [0.29, 0.717) is 17.1 Å². The summed E-state index contributed by atoms with van der Waals surface area (Å²) in [7, 11) is 0. The van der Waals surface area contributed by atoms with Gasteiger partial charge in [-0.15, -0.1) is 0 Å². The molecule has 1 aromatic carbocycles. The molecule has 1 aromatic rings. The minimum absolute atomic E-state index is 0.107. The maximum atomic E-state index is 10.9. The topological polar surface area (TPSA) is 55.2 Å². The Morgan fingerprint density at radius 1 is 1.44 bits per heavy atom. The van der Waals surface area contributed by atoms with Crippen molar-refractivity contribution in [1.29, 1.82) is 0 Å². The van der Waals surface area contributed by atoms with E-state index in [1.165, 1.54) is 18.9 Å². The van der Waals surface area contributed by atoms with Gasteiger partial charge in [0.1, 0.15) is 0 Å². The molecule has 0 aliphatic heterocycles. The van der Waals surface area contributed by atoms with Crippen molar-refractivity contribution in [3.8, 4) is 0 Å². The van der Waals surface area contributed by atoms with Crippen molar-refractivity contribution in [2.75, 3.05) is 0 Å². The first-order valence-electron chi connectivity index (χ1n) is 6.18. The van der Waals surface area contributed by atoms with Crippen LogP contribution in [0, 0.1) is 10.1 Å². The number of nitrogens with zero attached hydrogens (tertiary/aromatic N) is 1. The lowest BCUT2D eigenvalue weighted by Crippen LogP contribution is -2.38. The van der Waals surface area contributed by atoms with E-state index in [1.54, 1.807) is 12.1 Å². The molecule has 18 heavy (non-hydrogen) atoms. The Balaban J connectivity index is 2.12. The lowest BCUT2D eigenvalue weighted by molar-refractivity contribution is -0.385. The number of nitrogens with one attached hydrogen (secondary N) is 1. The van der Waals surface area contributed by atoms with Crippen LogP contribution in [0.2, 0.25) is 5.02 Å². The molecule has 0 aromatic heterocycles. The molecule has 1 aliphatic rings. The number of nitro benzene ring substituents is 1. The van der Waals surface area contributed by atoms with Crippen LogP contribution in [0.15, 0.2) is 18.2 Å². The molecule has 2 rings (SSSR count). The second kappa shape index (κ2) is 5.24. The van der Waals surface area contributed by atoms with Gasteiger partial charge in [0.15, 0.2) is 0 Å². The summed E-state index contributed by atoms with van der Waals surface area (Å²) in [4.78, 5) is 10.6. The zero-order valence-electron chi connectivity index (χ0n) is 10.4. The van der Waals surface area contributed by atoms with Crippen LogP contribution < -0.4 is 5.32 Å². The summed E-state index contributed by atoms with van der Waals surface area (Å²) < 4.78 is 0. The molecule has 5 heteroatoms. The Morgan fingerprint density at radius 2 is 2.11 bits per heavy atom. The smallest absolute Gasteiger partial charge is 0.273 e. The Morgan fingerprint density at radius 3 is 2.72 bits per heavy atom. The van der Waals surface area contributed by atoms with Crippen molar-refractivity contribution in [3.05, 3.63) is 38.9 Å². The molecule has 0 spiro atoms. The van der Waals surface area contributed by atoms with E-state index in [4.69, 9.17) is 11.6 Å². The third-order valence-electron chi connectivity index (χ3n) is 3.65.